The van der Waals surface area contributed by atoms with E-state index in [1.165, 1.54) is 19.3 Å². The van der Waals surface area contributed by atoms with Crippen molar-refractivity contribution in [2.45, 2.75) is 70.5 Å². The summed E-state index contributed by atoms with van der Waals surface area (Å²) in [4.78, 5) is 44.3. The first-order valence-electron chi connectivity index (χ1n) is 13.5. The zero-order valence-electron chi connectivity index (χ0n) is 20.8. The molecule has 7 nitrogen and oxygen atoms in total. The number of benzene rings is 1. The van der Waals surface area contributed by atoms with Crippen LogP contribution in [0.4, 0.5) is 0 Å². The molecule has 4 aliphatic rings. The van der Waals surface area contributed by atoms with E-state index in [1.54, 1.807) is 4.90 Å². The smallest absolute Gasteiger partial charge is 0.242 e. The van der Waals surface area contributed by atoms with Crippen molar-refractivity contribution in [3.63, 3.8) is 0 Å². The van der Waals surface area contributed by atoms with Gasteiger partial charge >= 0.3 is 0 Å². The van der Waals surface area contributed by atoms with Gasteiger partial charge in [-0.05, 0) is 43.1 Å². The van der Waals surface area contributed by atoms with Gasteiger partial charge < -0.3 is 19.4 Å². The zero-order valence-corrected chi connectivity index (χ0v) is 20.8. The van der Waals surface area contributed by atoms with Crippen LogP contribution in [0.25, 0.3) is 0 Å². The molecule has 2 heterocycles. The molecular formula is C28H39N3O4. The maximum absolute atomic E-state index is 13.5. The standard InChI is InChI=1S/C28H39N3O4/c32-25-11-7-14-29(25)15-8-16-30-18-23(35-21-22-9-3-1-4-10-22)19-31(20-26(30)33)27(34)24-17-28(24)12-5-2-6-13-28/h1,3-4,9-10,23-24H,2,5-8,11-21H2/t23-,24-/m1/s1. The van der Waals surface area contributed by atoms with Crippen LogP contribution in [-0.4, -0.2) is 77.8 Å². The summed E-state index contributed by atoms with van der Waals surface area (Å²) >= 11 is 0. The summed E-state index contributed by atoms with van der Waals surface area (Å²) in [6, 6.07) is 10.0. The zero-order chi connectivity index (χ0) is 24.3. The monoisotopic (exact) mass is 481 g/mol. The number of hydrogen-bond donors (Lipinski definition) is 0. The van der Waals surface area contributed by atoms with Gasteiger partial charge in [-0.25, -0.2) is 0 Å². The first-order valence-corrected chi connectivity index (χ1v) is 13.5. The predicted octanol–water partition coefficient (Wildman–Crippen LogP) is 3.23. The Labute approximate surface area is 208 Å². The number of ether oxygens (including phenoxy) is 1. The van der Waals surface area contributed by atoms with Crippen LogP contribution < -0.4 is 0 Å². The first-order chi connectivity index (χ1) is 17.0. The van der Waals surface area contributed by atoms with E-state index in [0.29, 0.717) is 39.2 Å². The molecule has 5 rings (SSSR count). The molecule has 0 aromatic heterocycles. The van der Waals surface area contributed by atoms with Gasteiger partial charge in [0.1, 0.15) is 0 Å². The lowest BCUT2D eigenvalue weighted by Crippen LogP contribution is -2.41. The van der Waals surface area contributed by atoms with Crippen LogP contribution in [0.3, 0.4) is 0 Å². The Kier molecular flexibility index (Phi) is 7.42. The van der Waals surface area contributed by atoms with E-state index in [2.05, 4.69) is 0 Å². The van der Waals surface area contributed by atoms with Crippen LogP contribution in [0.5, 0.6) is 0 Å². The van der Waals surface area contributed by atoms with E-state index < -0.39 is 0 Å². The molecule has 1 spiro atoms. The molecule has 0 N–H and O–H groups in total. The molecular weight excluding hydrogens is 442 g/mol. The van der Waals surface area contributed by atoms with Gasteiger partial charge in [0.2, 0.25) is 17.7 Å². The number of hydrogen-bond acceptors (Lipinski definition) is 4. The molecule has 3 amide bonds. The number of amides is 3. The van der Waals surface area contributed by atoms with Crippen LogP contribution in [0.15, 0.2) is 30.3 Å². The number of carbonyl (C=O) groups is 3. The summed E-state index contributed by atoms with van der Waals surface area (Å²) in [5.41, 5.74) is 1.29. The van der Waals surface area contributed by atoms with Crippen LogP contribution in [0.2, 0.25) is 0 Å². The normalized spacial score (nSPS) is 26.3. The minimum atomic E-state index is -0.222. The van der Waals surface area contributed by atoms with Gasteiger partial charge in [-0.1, -0.05) is 49.6 Å². The number of carbonyl (C=O) groups excluding carboxylic acids is 3. The van der Waals surface area contributed by atoms with Crippen LogP contribution >= 0.6 is 0 Å². The summed E-state index contributed by atoms with van der Waals surface area (Å²) in [5, 5.41) is 0. The molecule has 35 heavy (non-hydrogen) atoms. The van der Waals surface area contributed by atoms with Crippen molar-refractivity contribution < 1.29 is 19.1 Å². The van der Waals surface area contributed by atoms with E-state index in [9.17, 15) is 14.4 Å². The van der Waals surface area contributed by atoms with E-state index in [0.717, 1.165) is 44.2 Å². The number of rotatable bonds is 8. The molecule has 2 aliphatic heterocycles. The molecule has 190 valence electrons. The molecule has 1 aromatic carbocycles. The molecule has 0 bridgehead atoms. The van der Waals surface area contributed by atoms with Gasteiger partial charge in [-0.15, -0.1) is 0 Å². The Morgan fingerprint density at radius 1 is 0.943 bits per heavy atom. The highest BCUT2D eigenvalue weighted by atomic mass is 16.5. The summed E-state index contributed by atoms with van der Waals surface area (Å²) < 4.78 is 6.29. The fourth-order valence-corrected chi connectivity index (χ4v) is 6.38. The van der Waals surface area contributed by atoms with Gasteiger partial charge in [-0.3, -0.25) is 14.4 Å². The van der Waals surface area contributed by atoms with Crippen molar-refractivity contribution in [2.75, 3.05) is 39.3 Å². The second kappa shape index (κ2) is 10.7. The van der Waals surface area contributed by atoms with Crippen LogP contribution in [0.1, 0.15) is 63.4 Å². The Morgan fingerprint density at radius 2 is 1.71 bits per heavy atom. The molecule has 2 saturated heterocycles. The van der Waals surface area contributed by atoms with Gasteiger partial charge in [0.05, 0.1) is 19.3 Å². The van der Waals surface area contributed by atoms with Gasteiger partial charge in [0, 0.05) is 45.1 Å². The second-order valence-corrected chi connectivity index (χ2v) is 11.0. The summed E-state index contributed by atoms with van der Waals surface area (Å²) in [7, 11) is 0. The van der Waals surface area contributed by atoms with Crippen molar-refractivity contribution in [3.05, 3.63) is 35.9 Å². The van der Waals surface area contributed by atoms with Crippen molar-refractivity contribution in [2.24, 2.45) is 11.3 Å². The minimum absolute atomic E-state index is 0.00439. The Hall–Kier alpha value is -2.41. The van der Waals surface area contributed by atoms with Crippen molar-refractivity contribution in [1.82, 2.24) is 14.7 Å². The molecule has 2 saturated carbocycles. The number of nitrogens with zero attached hydrogens (tertiary/aromatic N) is 3. The lowest BCUT2D eigenvalue weighted by molar-refractivity contribution is -0.140. The third-order valence-electron chi connectivity index (χ3n) is 8.53. The Balaban J connectivity index is 1.23. The van der Waals surface area contributed by atoms with Crippen molar-refractivity contribution >= 4 is 17.7 Å². The minimum Gasteiger partial charge on any atom is -0.370 e. The molecule has 2 atom stereocenters. The van der Waals surface area contributed by atoms with E-state index >= 15 is 0 Å². The molecule has 1 aromatic rings. The van der Waals surface area contributed by atoms with Crippen LogP contribution in [-0.2, 0) is 25.7 Å². The quantitative estimate of drug-likeness (QED) is 0.572. The molecule has 0 unspecified atom stereocenters. The maximum atomic E-state index is 13.5. The van der Waals surface area contributed by atoms with E-state index in [1.807, 2.05) is 40.1 Å². The highest BCUT2D eigenvalue weighted by Crippen LogP contribution is 2.62. The SMILES string of the molecule is O=C1CCCN1CCCN1C[C@@H](OCc2ccccc2)CN(C(=O)[C@H]2CC23CCCCC3)CC1=O. The fourth-order valence-electron chi connectivity index (χ4n) is 6.38. The lowest BCUT2D eigenvalue weighted by atomic mass is 9.84. The predicted molar refractivity (Wildman–Crippen MR) is 132 cm³/mol. The molecule has 2 aliphatic carbocycles. The summed E-state index contributed by atoms with van der Waals surface area (Å²) in [6.45, 7) is 3.64. The first kappa shape index (κ1) is 24.3. The highest BCUT2D eigenvalue weighted by molar-refractivity contribution is 5.88. The average molecular weight is 482 g/mol. The van der Waals surface area contributed by atoms with Crippen molar-refractivity contribution in [3.8, 4) is 0 Å². The summed E-state index contributed by atoms with van der Waals surface area (Å²) in [6.07, 6.45) is 9.10. The second-order valence-electron chi connectivity index (χ2n) is 11.0. The fraction of sp³-hybridized carbons (Fsp3) is 0.679. The molecule has 4 fully saturated rings. The largest absolute Gasteiger partial charge is 0.370 e. The maximum Gasteiger partial charge on any atom is 0.242 e. The van der Waals surface area contributed by atoms with Crippen LogP contribution in [0, 0.1) is 11.3 Å². The average Bonchev–Trinajstić information content (AvgIpc) is 3.45. The van der Waals surface area contributed by atoms with E-state index in [4.69, 9.17) is 4.74 Å². The highest BCUT2D eigenvalue weighted by Gasteiger charge is 2.58. The van der Waals surface area contributed by atoms with Gasteiger partial charge in [0.15, 0.2) is 0 Å². The van der Waals surface area contributed by atoms with Gasteiger partial charge in [-0.2, -0.15) is 0 Å². The molecule has 0 radical (unpaired) electrons. The Morgan fingerprint density at radius 3 is 2.46 bits per heavy atom. The third kappa shape index (κ3) is 5.71. The number of likely N-dealkylation sites (tertiary alicyclic amines) is 1. The third-order valence-corrected chi connectivity index (χ3v) is 8.53. The molecule has 7 heteroatoms. The topological polar surface area (TPSA) is 70.2 Å². The van der Waals surface area contributed by atoms with E-state index in [-0.39, 0.29) is 41.7 Å². The lowest BCUT2D eigenvalue weighted by Gasteiger charge is -2.27. The Bertz CT molecular complexity index is 914. The summed E-state index contributed by atoms with van der Waals surface area (Å²) in [5.74, 6) is 0.445. The van der Waals surface area contributed by atoms with Gasteiger partial charge in [0.25, 0.3) is 0 Å². The van der Waals surface area contributed by atoms with Crippen molar-refractivity contribution in [1.29, 1.82) is 0 Å².